The van der Waals surface area contributed by atoms with Crippen LogP contribution in [-0.4, -0.2) is 21.7 Å². The highest BCUT2D eigenvalue weighted by Gasteiger charge is 2.03. The third-order valence-corrected chi connectivity index (χ3v) is 3.52. The van der Waals surface area contributed by atoms with E-state index in [1.165, 1.54) is 17.8 Å². The van der Waals surface area contributed by atoms with Gasteiger partial charge in [0.25, 0.3) is 0 Å². The number of nitrogens with zero attached hydrogens (tertiary/aromatic N) is 3. The summed E-state index contributed by atoms with van der Waals surface area (Å²) in [5.41, 5.74) is 1.82. The molecule has 0 aliphatic heterocycles. The highest BCUT2D eigenvalue weighted by molar-refractivity contribution is 5.38. The van der Waals surface area contributed by atoms with Gasteiger partial charge < -0.3 is 10.6 Å². The summed E-state index contributed by atoms with van der Waals surface area (Å²) < 4.78 is 13.6. The Bertz CT molecular complexity index is 779. The van der Waals surface area contributed by atoms with Gasteiger partial charge in [-0.25, -0.2) is 4.39 Å². The molecule has 1 aromatic heterocycles. The molecule has 24 heavy (non-hydrogen) atoms. The molecule has 3 aromatic rings. The average Bonchev–Trinajstić information content (AvgIpc) is 2.62. The number of nitrogens with one attached hydrogen (secondary N) is 2. The van der Waals surface area contributed by atoms with Gasteiger partial charge in [0.15, 0.2) is 5.82 Å². The first-order valence-electron chi connectivity index (χ1n) is 7.76. The van der Waals surface area contributed by atoms with E-state index in [9.17, 15) is 4.39 Å². The van der Waals surface area contributed by atoms with Gasteiger partial charge in [-0.05, 0) is 18.1 Å². The Balaban J connectivity index is 1.53. The Morgan fingerprint density at radius 1 is 0.917 bits per heavy atom. The molecule has 0 saturated carbocycles. The van der Waals surface area contributed by atoms with Crippen molar-refractivity contribution in [1.29, 1.82) is 0 Å². The normalized spacial score (nSPS) is 10.4. The predicted octanol–water partition coefficient (Wildman–Crippen LogP) is 3.28. The van der Waals surface area contributed by atoms with E-state index in [-0.39, 0.29) is 5.82 Å². The molecule has 0 fully saturated rings. The van der Waals surface area contributed by atoms with Crippen LogP contribution in [-0.2, 0) is 13.0 Å². The van der Waals surface area contributed by atoms with E-state index in [0.29, 0.717) is 30.4 Å². The van der Waals surface area contributed by atoms with Gasteiger partial charge in [-0.2, -0.15) is 10.1 Å². The van der Waals surface area contributed by atoms with E-state index in [2.05, 4.69) is 37.9 Å². The van der Waals surface area contributed by atoms with Crippen molar-refractivity contribution in [3.63, 3.8) is 0 Å². The van der Waals surface area contributed by atoms with Crippen LogP contribution in [0.25, 0.3) is 0 Å². The lowest BCUT2D eigenvalue weighted by molar-refractivity contribution is 0.613. The smallest absolute Gasteiger partial charge is 0.244 e. The Kier molecular flexibility index (Phi) is 5.29. The minimum absolute atomic E-state index is 0.242. The number of anilines is 2. The van der Waals surface area contributed by atoms with Gasteiger partial charge in [-0.3, -0.25) is 0 Å². The predicted molar refractivity (Wildman–Crippen MR) is 92.2 cm³/mol. The van der Waals surface area contributed by atoms with Crippen molar-refractivity contribution in [2.45, 2.75) is 13.0 Å². The molecule has 2 aromatic carbocycles. The van der Waals surface area contributed by atoms with Crippen LogP contribution in [0.4, 0.5) is 16.2 Å². The number of rotatable bonds is 7. The van der Waals surface area contributed by atoms with E-state index in [1.54, 1.807) is 18.2 Å². The summed E-state index contributed by atoms with van der Waals surface area (Å²) in [6.45, 7) is 1.05. The summed E-state index contributed by atoms with van der Waals surface area (Å²) in [6, 6.07) is 16.8. The summed E-state index contributed by atoms with van der Waals surface area (Å²) in [7, 11) is 0. The molecular weight excluding hydrogens is 305 g/mol. The second kappa shape index (κ2) is 8.01. The van der Waals surface area contributed by atoms with Crippen LogP contribution < -0.4 is 10.6 Å². The second-order valence-corrected chi connectivity index (χ2v) is 5.27. The van der Waals surface area contributed by atoms with Crippen LogP contribution in [0.2, 0.25) is 0 Å². The summed E-state index contributed by atoms with van der Waals surface area (Å²) in [5, 5.41) is 14.1. The third kappa shape index (κ3) is 4.49. The zero-order valence-corrected chi connectivity index (χ0v) is 13.1. The van der Waals surface area contributed by atoms with E-state index in [1.807, 2.05) is 18.2 Å². The second-order valence-electron chi connectivity index (χ2n) is 5.27. The minimum atomic E-state index is -0.242. The molecule has 0 aliphatic carbocycles. The largest absolute Gasteiger partial charge is 0.364 e. The quantitative estimate of drug-likeness (QED) is 0.699. The SMILES string of the molecule is Fc1ccccc1CNc1cnnc(NCCc2ccccc2)n1. The van der Waals surface area contributed by atoms with Gasteiger partial charge in [0.1, 0.15) is 5.82 Å². The highest BCUT2D eigenvalue weighted by Crippen LogP contribution is 2.10. The average molecular weight is 323 g/mol. The molecule has 5 nitrogen and oxygen atoms in total. The Morgan fingerprint density at radius 3 is 2.54 bits per heavy atom. The number of hydrogen-bond acceptors (Lipinski definition) is 5. The lowest BCUT2D eigenvalue weighted by atomic mass is 10.1. The van der Waals surface area contributed by atoms with E-state index >= 15 is 0 Å². The van der Waals surface area contributed by atoms with Gasteiger partial charge in [-0.15, -0.1) is 5.10 Å². The molecule has 0 unspecified atom stereocenters. The molecule has 1 heterocycles. The van der Waals surface area contributed by atoms with Crippen LogP contribution in [0.15, 0.2) is 60.8 Å². The van der Waals surface area contributed by atoms with Crippen molar-refractivity contribution in [2.75, 3.05) is 17.2 Å². The monoisotopic (exact) mass is 323 g/mol. The minimum Gasteiger partial charge on any atom is -0.364 e. The number of aromatic nitrogens is 3. The Morgan fingerprint density at radius 2 is 1.71 bits per heavy atom. The maximum atomic E-state index is 13.6. The lowest BCUT2D eigenvalue weighted by Gasteiger charge is -2.08. The summed E-state index contributed by atoms with van der Waals surface area (Å²) in [5.74, 6) is 0.758. The van der Waals surface area contributed by atoms with Crippen molar-refractivity contribution < 1.29 is 4.39 Å². The van der Waals surface area contributed by atoms with Gasteiger partial charge >= 0.3 is 0 Å². The molecule has 0 aliphatic rings. The zero-order valence-electron chi connectivity index (χ0n) is 13.1. The summed E-state index contributed by atoms with van der Waals surface area (Å²) in [6.07, 6.45) is 2.39. The fourth-order valence-corrected chi connectivity index (χ4v) is 2.25. The molecule has 0 radical (unpaired) electrons. The van der Waals surface area contributed by atoms with Crippen molar-refractivity contribution in [1.82, 2.24) is 15.2 Å². The van der Waals surface area contributed by atoms with Crippen molar-refractivity contribution in [2.24, 2.45) is 0 Å². The fraction of sp³-hybridized carbons (Fsp3) is 0.167. The molecule has 2 N–H and O–H groups in total. The van der Waals surface area contributed by atoms with Crippen molar-refractivity contribution in [3.05, 3.63) is 77.7 Å². The highest BCUT2D eigenvalue weighted by atomic mass is 19.1. The molecule has 0 amide bonds. The number of halogens is 1. The van der Waals surface area contributed by atoms with Gasteiger partial charge in [0, 0.05) is 18.7 Å². The van der Waals surface area contributed by atoms with Crippen molar-refractivity contribution in [3.8, 4) is 0 Å². The van der Waals surface area contributed by atoms with E-state index < -0.39 is 0 Å². The van der Waals surface area contributed by atoms with Gasteiger partial charge in [0.05, 0.1) is 6.20 Å². The number of benzene rings is 2. The lowest BCUT2D eigenvalue weighted by Crippen LogP contribution is -2.11. The van der Waals surface area contributed by atoms with Crippen molar-refractivity contribution >= 4 is 11.8 Å². The Labute approximate surface area is 140 Å². The molecule has 0 atom stereocenters. The summed E-state index contributed by atoms with van der Waals surface area (Å²) >= 11 is 0. The van der Waals surface area contributed by atoms with E-state index in [0.717, 1.165) is 6.42 Å². The van der Waals surface area contributed by atoms with Crippen LogP contribution in [0.1, 0.15) is 11.1 Å². The molecule has 0 spiro atoms. The fourth-order valence-electron chi connectivity index (χ4n) is 2.25. The first kappa shape index (κ1) is 15.9. The Hall–Kier alpha value is -3.02. The third-order valence-electron chi connectivity index (χ3n) is 3.52. The maximum absolute atomic E-state index is 13.6. The van der Waals surface area contributed by atoms with Crippen LogP contribution in [0.5, 0.6) is 0 Å². The van der Waals surface area contributed by atoms with Crippen LogP contribution in [0.3, 0.4) is 0 Å². The van der Waals surface area contributed by atoms with E-state index in [4.69, 9.17) is 0 Å². The molecule has 3 rings (SSSR count). The molecule has 0 saturated heterocycles. The number of hydrogen-bond donors (Lipinski definition) is 2. The zero-order chi connectivity index (χ0) is 16.6. The van der Waals surface area contributed by atoms with Gasteiger partial charge in [0.2, 0.25) is 5.95 Å². The maximum Gasteiger partial charge on any atom is 0.244 e. The molecule has 122 valence electrons. The molecule has 6 heteroatoms. The van der Waals surface area contributed by atoms with Crippen LogP contribution >= 0.6 is 0 Å². The van der Waals surface area contributed by atoms with Crippen LogP contribution in [0, 0.1) is 5.82 Å². The molecule has 0 bridgehead atoms. The standard InChI is InChI=1S/C18H18FN5/c19-16-9-5-4-8-15(16)12-21-17-13-22-24-18(23-17)20-11-10-14-6-2-1-3-7-14/h1-9,13H,10-12H2,(H2,20,21,23,24). The van der Waals surface area contributed by atoms with Gasteiger partial charge in [-0.1, -0.05) is 48.5 Å². The first-order valence-corrected chi connectivity index (χ1v) is 7.76. The topological polar surface area (TPSA) is 62.7 Å². The summed E-state index contributed by atoms with van der Waals surface area (Å²) in [4.78, 5) is 4.33. The first-order chi connectivity index (χ1) is 11.8. The molecular formula is C18H18FN5.